The minimum absolute atomic E-state index is 0.531. The van der Waals surface area contributed by atoms with Crippen molar-refractivity contribution in [1.29, 1.82) is 0 Å². The zero-order valence-electron chi connectivity index (χ0n) is 10.8. The number of hydrogen-bond donors (Lipinski definition) is 0. The van der Waals surface area contributed by atoms with E-state index >= 15 is 0 Å². The van der Waals surface area contributed by atoms with Crippen LogP contribution in [0.2, 0.25) is 5.02 Å². The van der Waals surface area contributed by atoms with Gasteiger partial charge in [-0.05, 0) is 65.2 Å². The van der Waals surface area contributed by atoms with Crippen molar-refractivity contribution in [3.63, 3.8) is 0 Å². The lowest BCUT2D eigenvalue weighted by Crippen LogP contribution is -1.83. The molecule has 0 saturated carbocycles. The molecule has 0 radical (unpaired) electrons. The van der Waals surface area contributed by atoms with Gasteiger partial charge in [0, 0.05) is 4.47 Å². The average molecular weight is 416 g/mol. The van der Waals surface area contributed by atoms with E-state index in [-0.39, 0.29) is 0 Å². The summed E-state index contributed by atoms with van der Waals surface area (Å²) in [4.78, 5) is 4.54. The number of nitrogens with zero attached hydrogens (tertiary/aromatic N) is 1. The van der Waals surface area contributed by atoms with Gasteiger partial charge in [0.05, 0.1) is 15.1 Å². The minimum Gasteiger partial charge on any atom is -0.435 e. The van der Waals surface area contributed by atoms with Gasteiger partial charge in [0.2, 0.25) is 5.89 Å². The Kier molecular flexibility index (Phi) is 3.65. The Hall–Kier alpha value is -0.840. The third-order valence-electron chi connectivity index (χ3n) is 3.29. The SMILES string of the molecule is Cc1cc2nc(-c3ccc(Br)cc3Cl)oc2c(Br)c1C. The van der Waals surface area contributed by atoms with Crippen molar-refractivity contribution < 1.29 is 4.42 Å². The Labute approximate surface area is 138 Å². The number of benzene rings is 2. The quantitative estimate of drug-likeness (QED) is 0.467. The van der Waals surface area contributed by atoms with Gasteiger partial charge in [0.1, 0.15) is 5.52 Å². The molecule has 20 heavy (non-hydrogen) atoms. The Morgan fingerprint density at radius 2 is 1.90 bits per heavy atom. The second-order valence-electron chi connectivity index (χ2n) is 4.62. The summed E-state index contributed by atoms with van der Waals surface area (Å²) in [5.41, 5.74) is 4.69. The highest BCUT2D eigenvalue weighted by molar-refractivity contribution is 9.11. The molecular weight excluding hydrogens is 405 g/mol. The first kappa shape index (κ1) is 14.1. The molecule has 0 fully saturated rings. The highest BCUT2D eigenvalue weighted by Crippen LogP contribution is 2.36. The summed E-state index contributed by atoms with van der Waals surface area (Å²) in [6.07, 6.45) is 0. The zero-order valence-corrected chi connectivity index (χ0v) is 14.7. The maximum Gasteiger partial charge on any atom is 0.228 e. The van der Waals surface area contributed by atoms with Crippen LogP contribution in [0.3, 0.4) is 0 Å². The van der Waals surface area contributed by atoms with Crippen molar-refractivity contribution in [3.8, 4) is 11.5 Å². The van der Waals surface area contributed by atoms with Gasteiger partial charge in [0.15, 0.2) is 5.58 Å². The van der Waals surface area contributed by atoms with Gasteiger partial charge < -0.3 is 4.42 Å². The third kappa shape index (κ3) is 2.30. The number of aryl methyl sites for hydroxylation is 1. The molecule has 0 spiro atoms. The van der Waals surface area contributed by atoms with E-state index in [9.17, 15) is 0 Å². The van der Waals surface area contributed by atoms with Crippen LogP contribution in [0.1, 0.15) is 11.1 Å². The molecule has 1 aromatic heterocycles. The van der Waals surface area contributed by atoms with Crippen LogP contribution in [0, 0.1) is 13.8 Å². The lowest BCUT2D eigenvalue weighted by molar-refractivity contribution is 0.617. The van der Waals surface area contributed by atoms with Gasteiger partial charge in [0.25, 0.3) is 0 Å². The van der Waals surface area contributed by atoms with E-state index in [1.54, 1.807) is 0 Å². The van der Waals surface area contributed by atoms with Crippen molar-refractivity contribution in [2.24, 2.45) is 0 Å². The van der Waals surface area contributed by atoms with Crippen LogP contribution in [0.4, 0.5) is 0 Å². The maximum absolute atomic E-state index is 6.25. The fraction of sp³-hybridized carbons (Fsp3) is 0.133. The predicted molar refractivity (Wildman–Crippen MR) is 89.3 cm³/mol. The van der Waals surface area contributed by atoms with Crippen LogP contribution in [0.5, 0.6) is 0 Å². The molecule has 0 amide bonds. The van der Waals surface area contributed by atoms with E-state index in [2.05, 4.69) is 43.8 Å². The van der Waals surface area contributed by atoms with Crippen LogP contribution < -0.4 is 0 Å². The first-order valence-corrected chi connectivity index (χ1v) is 7.95. The number of aromatic nitrogens is 1. The van der Waals surface area contributed by atoms with E-state index in [0.717, 1.165) is 31.2 Å². The summed E-state index contributed by atoms with van der Waals surface area (Å²) in [7, 11) is 0. The number of rotatable bonds is 1. The molecule has 0 N–H and O–H groups in total. The molecule has 2 aromatic carbocycles. The Morgan fingerprint density at radius 3 is 2.60 bits per heavy atom. The summed E-state index contributed by atoms with van der Waals surface area (Å²) in [6.45, 7) is 4.11. The highest BCUT2D eigenvalue weighted by atomic mass is 79.9. The third-order valence-corrected chi connectivity index (χ3v) is 5.05. The maximum atomic E-state index is 6.25. The standard InChI is InChI=1S/C15H10Br2ClNO/c1-7-5-12-14(13(17)8(7)2)20-15(19-12)10-4-3-9(16)6-11(10)18/h3-6H,1-2H3. The largest absolute Gasteiger partial charge is 0.435 e. The van der Waals surface area contributed by atoms with Crippen LogP contribution in [0.15, 0.2) is 37.6 Å². The molecular formula is C15H10Br2ClNO. The lowest BCUT2D eigenvalue weighted by atomic mass is 10.1. The highest BCUT2D eigenvalue weighted by Gasteiger charge is 2.15. The minimum atomic E-state index is 0.531. The number of fused-ring (bicyclic) bond motifs is 1. The second-order valence-corrected chi connectivity index (χ2v) is 6.74. The molecule has 0 aliphatic carbocycles. The Morgan fingerprint density at radius 1 is 1.15 bits per heavy atom. The van der Waals surface area contributed by atoms with Gasteiger partial charge in [-0.25, -0.2) is 4.98 Å². The van der Waals surface area contributed by atoms with E-state index < -0.39 is 0 Å². The number of halogens is 3. The first-order chi connectivity index (χ1) is 9.47. The molecule has 3 aromatic rings. The fourth-order valence-electron chi connectivity index (χ4n) is 2.02. The smallest absolute Gasteiger partial charge is 0.228 e. The van der Waals surface area contributed by atoms with Crippen LogP contribution in [0.25, 0.3) is 22.6 Å². The van der Waals surface area contributed by atoms with Gasteiger partial charge in [-0.15, -0.1) is 0 Å². The van der Waals surface area contributed by atoms with Gasteiger partial charge >= 0.3 is 0 Å². The van der Waals surface area contributed by atoms with Gasteiger partial charge in [-0.2, -0.15) is 0 Å². The topological polar surface area (TPSA) is 26.0 Å². The summed E-state index contributed by atoms with van der Waals surface area (Å²) in [5.74, 6) is 0.531. The van der Waals surface area contributed by atoms with Crippen LogP contribution >= 0.6 is 43.5 Å². The monoisotopic (exact) mass is 413 g/mol. The molecule has 0 saturated heterocycles. The molecule has 102 valence electrons. The first-order valence-electron chi connectivity index (χ1n) is 5.99. The van der Waals surface area contributed by atoms with Gasteiger partial charge in [-0.3, -0.25) is 0 Å². The van der Waals surface area contributed by atoms with Crippen molar-refractivity contribution in [2.45, 2.75) is 13.8 Å². The number of oxazole rings is 1. The van der Waals surface area contributed by atoms with Crippen LogP contribution in [-0.4, -0.2) is 4.98 Å². The normalized spacial score (nSPS) is 11.2. The predicted octanol–water partition coefficient (Wildman–Crippen LogP) is 6.29. The summed E-state index contributed by atoms with van der Waals surface area (Å²) in [6, 6.07) is 7.67. The summed E-state index contributed by atoms with van der Waals surface area (Å²) < 4.78 is 7.75. The second kappa shape index (κ2) is 5.17. The lowest BCUT2D eigenvalue weighted by Gasteiger charge is -2.01. The van der Waals surface area contributed by atoms with E-state index in [1.165, 1.54) is 5.56 Å². The molecule has 2 nitrogen and oxygen atoms in total. The molecule has 0 atom stereocenters. The molecule has 0 unspecified atom stereocenters. The molecule has 1 heterocycles. The van der Waals surface area contributed by atoms with E-state index in [1.807, 2.05) is 31.2 Å². The molecule has 0 aliphatic rings. The van der Waals surface area contributed by atoms with Crippen molar-refractivity contribution in [2.75, 3.05) is 0 Å². The molecule has 0 aliphatic heterocycles. The summed E-state index contributed by atoms with van der Waals surface area (Å²) >= 11 is 13.2. The summed E-state index contributed by atoms with van der Waals surface area (Å²) in [5, 5.41) is 0.607. The zero-order chi connectivity index (χ0) is 14.4. The molecule has 0 bridgehead atoms. The number of hydrogen-bond acceptors (Lipinski definition) is 2. The molecule has 5 heteroatoms. The van der Waals surface area contributed by atoms with E-state index in [0.29, 0.717) is 10.9 Å². The van der Waals surface area contributed by atoms with Crippen molar-refractivity contribution in [3.05, 3.63) is 49.4 Å². The average Bonchev–Trinajstić information content (AvgIpc) is 2.80. The van der Waals surface area contributed by atoms with Crippen molar-refractivity contribution in [1.82, 2.24) is 4.98 Å². The Balaban J connectivity index is 2.26. The van der Waals surface area contributed by atoms with Crippen molar-refractivity contribution >= 4 is 54.6 Å². The fourth-order valence-corrected chi connectivity index (χ4v) is 3.37. The Bertz CT molecular complexity index is 826. The van der Waals surface area contributed by atoms with E-state index in [4.69, 9.17) is 16.0 Å². The molecule has 3 rings (SSSR count). The van der Waals surface area contributed by atoms with Gasteiger partial charge in [-0.1, -0.05) is 27.5 Å². The van der Waals surface area contributed by atoms with Crippen LogP contribution in [-0.2, 0) is 0 Å².